The number of para-hydroxylation sites is 1. The molecule has 3 rings (SSSR count). The van der Waals surface area contributed by atoms with Gasteiger partial charge in [0.25, 0.3) is 0 Å². The van der Waals surface area contributed by atoms with Gasteiger partial charge in [-0.1, -0.05) is 18.2 Å². The van der Waals surface area contributed by atoms with E-state index < -0.39 is 0 Å². The zero-order valence-electron chi connectivity index (χ0n) is 17.0. The average Bonchev–Trinajstić information content (AvgIpc) is 3.21. The fourth-order valence-electron chi connectivity index (χ4n) is 3.07. The molecule has 0 N–H and O–H groups in total. The van der Waals surface area contributed by atoms with Gasteiger partial charge < -0.3 is 4.90 Å². The summed E-state index contributed by atoms with van der Waals surface area (Å²) in [6.07, 6.45) is 5.05. The van der Waals surface area contributed by atoms with Crippen LogP contribution in [0.15, 0.2) is 66.9 Å². The van der Waals surface area contributed by atoms with E-state index in [0.717, 1.165) is 16.8 Å². The number of hydrogen-bond donors (Lipinski definition) is 0. The van der Waals surface area contributed by atoms with Crippen LogP contribution >= 0.6 is 0 Å². The second-order valence-electron chi connectivity index (χ2n) is 6.96. The van der Waals surface area contributed by atoms with Crippen molar-refractivity contribution in [2.45, 2.75) is 13.8 Å². The number of aromatic nitrogens is 2. The fraction of sp³-hybridized carbons (Fsp3) is 0.208. The average molecular weight is 402 g/mol. The summed E-state index contributed by atoms with van der Waals surface area (Å²) >= 11 is 0. The minimum absolute atomic E-state index is 0.169. The molecule has 1 heterocycles. The molecule has 0 saturated heterocycles. The van der Waals surface area contributed by atoms with Crippen LogP contribution in [0.4, 0.5) is 4.39 Å². The number of rotatable bonds is 7. The van der Waals surface area contributed by atoms with Crippen LogP contribution in [0, 0.1) is 23.1 Å². The molecule has 30 heavy (non-hydrogen) atoms. The first kappa shape index (κ1) is 21.0. The zero-order valence-corrected chi connectivity index (χ0v) is 17.0. The van der Waals surface area contributed by atoms with Gasteiger partial charge in [-0.2, -0.15) is 10.4 Å². The van der Waals surface area contributed by atoms with Crippen LogP contribution in [0.3, 0.4) is 0 Å². The van der Waals surface area contributed by atoms with Crippen LogP contribution in [0.5, 0.6) is 0 Å². The molecule has 3 aromatic rings. The number of amides is 1. The summed E-state index contributed by atoms with van der Waals surface area (Å²) in [5, 5.41) is 13.7. The van der Waals surface area contributed by atoms with Gasteiger partial charge in [0.15, 0.2) is 0 Å². The van der Waals surface area contributed by atoms with Crippen molar-refractivity contribution in [3.8, 4) is 23.0 Å². The lowest BCUT2D eigenvalue weighted by Crippen LogP contribution is -2.32. The van der Waals surface area contributed by atoms with Crippen molar-refractivity contribution in [1.29, 1.82) is 5.26 Å². The van der Waals surface area contributed by atoms with E-state index in [1.807, 2.05) is 43.5 Å². The van der Waals surface area contributed by atoms with Crippen molar-refractivity contribution in [2.75, 3.05) is 13.1 Å². The quantitative estimate of drug-likeness (QED) is 0.538. The number of halogens is 1. The lowest BCUT2D eigenvalue weighted by atomic mass is 10.1. The number of carbonyl (C=O) groups excluding carboxylic acids is 1. The molecule has 2 aromatic carbocycles. The zero-order chi connectivity index (χ0) is 21.5. The Morgan fingerprint density at radius 2 is 1.93 bits per heavy atom. The molecule has 0 spiro atoms. The predicted molar refractivity (Wildman–Crippen MR) is 115 cm³/mol. The Bertz CT molecular complexity index is 1060. The summed E-state index contributed by atoms with van der Waals surface area (Å²) in [5.74, 6) is -0.728. The molecule has 0 aliphatic heterocycles. The van der Waals surface area contributed by atoms with Crippen molar-refractivity contribution < 1.29 is 9.18 Å². The number of benzene rings is 2. The smallest absolute Gasteiger partial charge is 0.246 e. The standard InChI is InChI=1S/C24H23FN4O/c1-3-28(16-18(2)15-26)23(30)14-11-20-17-29(22-7-5-4-6-8-22)27-24(20)19-9-12-21(25)13-10-19/h4-14,17-18H,3,16H2,1-2H3/b14-11+. The Hall–Kier alpha value is -3.72. The summed E-state index contributed by atoms with van der Waals surface area (Å²) in [5.41, 5.74) is 3.02. The van der Waals surface area contributed by atoms with Gasteiger partial charge in [-0.25, -0.2) is 9.07 Å². The van der Waals surface area contributed by atoms with E-state index in [9.17, 15) is 9.18 Å². The third-order valence-electron chi connectivity index (χ3n) is 4.69. The molecule has 0 aliphatic rings. The molecule has 1 amide bonds. The van der Waals surface area contributed by atoms with Crippen molar-refractivity contribution in [2.24, 2.45) is 5.92 Å². The minimum Gasteiger partial charge on any atom is -0.338 e. The molecule has 152 valence electrons. The monoisotopic (exact) mass is 402 g/mol. The van der Waals surface area contributed by atoms with Gasteiger partial charge in [-0.05, 0) is 56.3 Å². The Labute approximate surface area is 175 Å². The highest BCUT2D eigenvalue weighted by atomic mass is 19.1. The molecule has 0 fully saturated rings. The van der Waals surface area contributed by atoms with E-state index in [1.165, 1.54) is 18.2 Å². The molecule has 0 aliphatic carbocycles. The van der Waals surface area contributed by atoms with E-state index in [-0.39, 0.29) is 17.6 Å². The second-order valence-corrected chi connectivity index (χ2v) is 6.96. The van der Waals surface area contributed by atoms with Crippen molar-refractivity contribution in [1.82, 2.24) is 14.7 Å². The van der Waals surface area contributed by atoms with E-state index in [1.54, 1.807) is 34.7 Å². The molecule has 1 atom stereocenters. The van der Waals surface area contributed by atoms with Crippen LogP contribution in [-0.2, 0) is 4.79 Å². The van der Waals surface area contributed by atoms with E-state index in [4.69, 9.17) is 5.26 Å². The van der Waals surface area contributed by atoms with Crippen molar-refractivity contribution in [3.63, 3.8) is 0 Å². The van der Waals surface area contributed by atoms with E-state index >= 15 is 0 Å². The number of carbonyl (C=O) groups is 1. The number of likely N-dealkylation sites (N-methyl/N-ethyl adjacent to an activating group) is 1. The summed E-state index contributed by atoms with van der Waals surface area (Å²) in [4.78, 5) is 14.2. The maximum Gasteiger partial charge on any atom is 0.246 e. The SMILES string of the molecule is CCN(CC(C)C#N)C(=O)/C=C/c1cn(-c2ccccc2)nc1-c1ccc(F)cc1. The predicted octanol–water partition coefficient (Wildman–Crippen LogP) is 4.70. The van der Waals surface area contributed by atoms with Gasteiger partial charge in [0.05, 0.1) is 23.4 Å². The molecule has 5 nitrogen and oxygen atoms in total. The maximum absolute atomic E-state index is 13.4. The van der Waals surface area contributed by atoms with Gasteiger partial charge in [-0.3, -0.25) is 4.79 Å². The summed E-state index contributed by atoms with van der Waals surface area (Å²) in [7, 11) is 0. The van der Waals surface area contributed by atoms with Crippen LogP contribution < -0.4 is 0 Å². The van der Waals surface area contributed by atoms with Crippen LogP contribution in [-0.4, -0.2) is 33.7 Å². The maximum atomic E-state index is 13.4. The van der Waals surface area contributed by atoms with Crippen LogP contribution in [0.25, 0.3) is 23.0 Å². The Morgan fingerprint density at radius 1 is 1.23 bits per heavy atom. The van der Waals surface area contributed by atoms with E-state index in [2.05, 4.69) is 11.2 Å². The van der Waals surface area contributed by atoms with Crippen LogP contribution in [0.1, 0.15) is 19.4 Å². The van der Waals surface area contributed by atoms with Gasteiger partial charge in [-0.15, -0.1) is 0 Å². The Morgan fingerprint density at radius 3 is 2.57 bits per heavy atom. The molecule has 0 radical (unpaired) electrons. The van der Waals surface area contributed by atoms with E-state index in [0.29, 0.717) is 18.8 Å². The Balaban J connectivity index is 1.95. The van der Waals surface area contributed by atoms with Gasteiger partial charge in [0, 0.05) is 36.5 Å². The first-order chi connectivity index (χ1) is 14.5. The van der Waals surface area contributed by atoms with Gasteiger partial charge >= 0.3 is 0 Å². The second kappa shape index (κ2) is 9.66. The van der Waals surface area contributed by atoms with Crippen LogP contribution in [0.2, 0.25) is 0 Å². The highest BCUT2D eigenvalue weighted by Gasteiger charge is 2.14. The summed E-state index contributed by atoms with van der Waals surface area (Å²) in [6, 6.07) is 17.9. The molecule has 0 bridgehead atoms. The van der Waals surface area contributed by atoms with Crippen molar-refractivity contribution in [3.05, 3.63) is 78.3 Å². The molecular formula is C24H23FN4O. The summed E-state index contributed by atoms with van der Waals surface area (Å²) < 4.78 is 15.1. The first-order valence-electron chi connectivity index (χ1n) is 9.79. The van der Waals surface area contributed by atoms with Gasteiger partial charge in [0.1, 0.15) is 5.82 Å². The third-order valence-corrected chi connectivity index (χ3v) is 4.69. The minimum atomic E-state index is -0.321. The number of nitrogens with zero attached hydrogens (tertiary/aromatic N) is 4. The topological polar surface area (TPSA) is 61.9 Å². The molecule has 6 heteroatoms. The normalized spacial score (nSPS) is 11.9. The van der Waals surface area contributed by atoms with Crippen molar-refractivity contribution >= 4 is 12.0 Å². The number of hydrogen-bond acceptors (Lipinski definition) is 3. The molecule has 1 unspecified atom stereocenters. The third kappa shape index (κ3) is 5.00. The lowest BCUT2D eigenvalue weighted by Gasteiger charge is -2.20. The Kier molecular flexibility index (Phi) is 6.76. The highest BCUT2D eigenvalue weighted by Crippen LogP contribution is 2.25. The largest absolute Gasteiger partial charge is 0.338 e. The first-order valence-corrected chi connectivity index (χ1v) is 9.79. The molecule has 0 saturated carbocycles. The highest BCUT2D eigenvalue weighted by molar-refractivity contribution is 5.93. The summed E-state index contributed by atoms with van der Waals surface area (Å²) in [6.45, 7) is 4.57. The lowest BCUT2D eigenvalue weighted by molar-refractivity contribution is -0.126. The fourth-order valence-corrected chi connectivity index (χ4v) is 3.07. The molecule has 1 aromatic heterocycles. The molecular weight excluding hydrogens is 379 g/mol. The number of nitriles is 1. The van der Waals surface area contributed by atoms with Gasteiger partial charge in [0.2, 0.25) is 5.91 Å².